The third-order valence-corrected chi connectivity index (χ3v) is 5.32. The van der Waals surface area contributed by atoms with Gasteiger partial charge in [0.15, 0.2) is 5.82 Å². The standard InChI is InChI=1S/C24H25N7O2/c1-3-5-10-21-27-31(22(32)7-4-2)24(33)30(21)16-17-11-13-18(14-12-17)19-8-6-9-20(15-19)23-25-28-29-26-23/h3,6,8-9,11-15H,1,4-5,7,10,16H2,2H3,(H,25,26,28,29). The average Bonchev–Trinajstić information content (AvgIpc) is 3.48. The Kier molecular flexibility index (Phi) is 6.68. The Bertz CT molecular complexity index is 1300. The molecule has 4 aromatic rings. The minimum Gasteiger partial charge on any atom is -0.274 e. The quantitative estimate of drug-likeness (QED) is 0.396. The summed E-state index contributed by atoms with van der Waals surface area (Å²) in [6.07, 6.45) is 3.95. The van der Waals surface area contributed by atoms with Crippen LogP contribution in [0.2, 0.25) is 0 Å². The van der Waals surface area contributed by atoms with Gasteiger partial charge in [0.1, 0.15) is 5.82 Å². The Balaban J connectivity index is 1.59. The molecular formula is C24H25N7O2. The van der Waals surface area contributed by atoms with Crippen molar-refractivity contribution in [1.82, 2.24) is 35.0 Å². The number of benzene rings is 2. The summed E-state index contributed by atoms with van der Waals surface area (Å²) in [5, 5.41) is 18.3. The van der Waals surface area contributed by atoms with Crippen LogP contribution in [-0.4, -0.2) is 40.9 Å². The normalized spacial score (nSPS) is 10.9. The van der Waals surface area contributed by atoms with E-state index in [-0.39, 0.29) is 12.3 Å². The largest absolute Gasteiger partial charge is 0.353 e. The summed E-state index contributed by atoms with van der Waals surface area (Å²) >= 11 is 0. The third kappa shape index (κ3) is 4.87. The summed E-state index contributed by atoms with van der Waals surface area (Å²) in [4.78, 5) is 25.2. The topological polar surface area (TPSA) is 111 Å². The predicted octanol–water partition coefficient (Wildman–Crippen LogP) is 3.50. The molecule has 2 heterocycles. The zero-order valence-electron chi connectivity index (χ0n) is 18.4. The van der Waals surface area contributed by atoms with Crippen LogP contribution in [-0.2, 0) is 13.0 Å². The third-order valence-electron chi connectivity index (χ3n) is 5.32. The Morgan fingerprint density at radius 3 is 2.61 bits per heavy atom. The molecule has 33 heavy (non-hydrogen) atoms. The van der Waals surface area contributed by atoms with Crippen LogP contribution < -0.4 is 5.69 Å². The molecule has 0 fully saturated rings. The van der Waals surface area contributed by atoms with Gasteiger partial charge in [0.05, 0.1) is 6.54 Å². The predicted molar refractivity (Wildman–Crippen MR) is 125 cm³/mol. The molecule has 0 aliphatic heterocycles. The highest BCUT2D eigenvalue weighted by molar-refractivity contribution is 5.77. The summed E-state index contributed by atoms with van der Waals surface area (Å²) < 4.78 is 2.57. The minimum absolute atomic E-state index is 0.279. The molecule has 0 aliphatic rings. The van der Waals surface area contributed by atoms with Crippen molar-refractivity contribution in [2.24, 2.45) is 0 Å². The van der Waals surface area contributed by atoms with E-state index in [0.29, 0.717) is 37.5 Å². The van der Waals surface area contributed by atoms with Crippen molar-refractivity contribution in [3.05, 3.63) is 83.1 Å². The molecular weight excluding hydrogens is 418 g/mol. The molecule has 2 aromatic carbocycles. The molecule has 0 amide bonds. The fourth-order valence-corrected chi connectivity index (χ4v) is 3.61. The van der Waals surface area contributed by atoms with Crippen LogP contribution in [0.4, 0.5) is 0 Å². The molecule has 0 atom stereocenters. The van der Waals surface area contributed by atoms with Crippen LogP contribution in [0.1, 0.15) is 42.4 Å². The number of allylic oxidation sites excluding steroid dienone is 1. The number of carbonyl (C=O) groups excluding carboxylic acids is 1. The van der Waals surface area contributed by atoms with Gasteiger partial charge in [-0.1, -0.05) is 55.5 Å². The maximum absolute atomic E-state index is 12.9. The lowest BCUT2D eigenvalue weighted by molar-refractivity contribution is 0.0880. The van der Waals surface area contributed by atoms with Gasteiger partial charge in [0.2, 0.25) is 0 Å². The van der Waals surface area contributed by atoms with Gasteiger partial charge in [0.25, 0.3) is 5.91 Å². The SMILES string of the molecule is C=CCCc1nn(C(=O)CCC)c(=O)n1Cc1ccc(-c2cccc(-c3nnn[nH]3)c2)cc1. The highest BCUT2D eigenvalue weighted by Crippen LogP contribution is 2.24. The van der Waals surface area contributed by atoms with E-state index in [0.717, 1.165) is 26.9 Å². The van der Waals surface area contributed by atoms with Crippen LogP contribution in [0.5, 0.6) is 0 Å². The monoisotopic (exact) mass is 443 g/mol. The van der Waals surface area contributed by atoms with Crippen molar-refractivity contribution in [3.63, 3.8) is 0 Å². The highest BCUT2D eigenvalue weighted by atomic mass is 16.2. The number of aryl methyl sites for hydroxylation is 1. The lowest BCUT2D eigenvalue weighted by atomic mass is 10.0. The van der Waals surface area contributed by atoms with Gasteiger partial charge in [-0.15, -0.1) is 21.5 Å². The first kappa shape index (κ1) is 22.1. The first-order valence-corrected chi connectivity index (χ1v) is 10.9. The molecule has 1 N–H and O–H groups in total. The van der Waals surface area contributed by atoms with Crippen molar-refractivity contribution in [3.8, 4) is 22.5 Å². The summed E-state index contributed by atoms with van der Waals surface area (Å²) in [5.41, 5.74) is 3.49. The van der Waals surface area contributed by atoms with E-state index >= 15 is 0 Å². The number of carbonyl (C=O) groups is 1. The lowest BCUT2D eigenvalue weighted by Gasteiger charge is -2.08. The van der Waals surface area contributed by atoms with Crippen molar-refractivity contribution in [1.29, 1.82) is 0 Å². The number of aromatic amines is 1. The maximum Gasteiger partial charge on any atom is 0.353 e. The number of tetrazole rings is 1. The van der Waals surface area contributed by atoms with Crippen molar-refractivity contribution in [2.45, 2.75) is 39.2 Å². The van der Waals surface area contributed by atoms with Gasteiger partial charge in [-0.25, -0.2) is 9.89 Å². The van der Waals surface area contributed by atoms with E-state index in [1.54, 1.807) is 10.6 Å². The van der Waals surface area contributed by atoms with E-state index in [1.165, 1.54) is 0 Å². The fourth-order valence-electron chi connectivity index (χ4n) is 3.61. The van der Waals surface area contributed by atoms with Gasteiger partial charge >= 0.3 is 5.69 Å². The number of nitrogens with one attached hydrogen (secondary N) is 1. The second kappa shape index (κ2) is 9.99. The first-order chi connectivity index (χ1) is 16.1. The Morgan fingerprint density at radius 1 is 1.12 bits per heavy atom. The number of H-pyrrole nitrogens is 1. The molecule has 4 rings (SSSR count). The fraction of sp³-hybridized carbons (Fsp3) is 0.250. The van der Waals surface area contributed by atoms with Crippen LogP contribution in [0.3, 0.4) is 0 Å². The molecule has 0 unspecified atom stereocenters. The molecule has 9 heteroatoms. The number of nitrogens with zero attached hydrogens (tertiary/aromatic N) is 6. The minimum atomic E-state index is -0.398. The van der Waals surface area contributed by atoms with Crippen molar-refractivity contribution >= 4 is 5.91 Å². The summed E-state index contributed by atoms with van der Waals surface area (Å²) in [6, 6.07) is 15.9. The number of rotatable bonds is 9. The molecule has 0 aliphatic carbocycles. The molecule has 9 nitrogen and oxygen atoms in total. The van der Waals surface area contributed by atoms with Crippen molar-refractivity contribution < 1.29 is 4.79 Å². The average molecular weight is 444 g/mol. The molecule has 2 aromatic heterocycles. The molecule has 0 saturated carbocycles. The number of hydrogen-bond acceptors (Lipinski definition) is 6. The van der Waals surface area contributed by atoms with Gasteiger partial charge < -0.3 is 0 Å². The highest BCUT2D eigenvalue weighted by Gasteiger charge is 2.17. The van der Waals surface area contributed by atoms with Crippen LogP contribution in [0, 0.1) is 0 Å². The molecule has 0 saturated heterocycles. The zero-order valence-corrected chi connectivity index (χ0v) is 18.4. The molecule has 0 radical (unpaired) electrons. The van der Waals surface area contributed by atoms with E-state index in [4.69, 9.17) is 0 Å². The second-order valence-electron chi connectivity index (χ2n) is 7.70. The molecule has 0 bridgehead atoms. The first-order valence-electron chi connectivity index (χ1n) is 10.9. The van der Waals surface area contributed by atoms with Gasteiger partial charge in [0, 0.05) is 18.4 Å². The lowest BCUT2D eigenvalue weighted by Crippen LogP contribution is -2.30. The van der Waals surface area contributed by atoms with Crippen molar-refractivity contribution in [2.75, 3.05) is 0 Å². The van der Waals surface area contributed by atoms with E-state index in [1.807, 2.05) is 55.5 Å². The van der Waals surface area contributed by atoms with Gasteiger partial charge in [-0.05, 0) is 46.0 Å². The van der Waals surface area contributed by atoms with Crippen LogP contribution in [0.15, 0.2) is 66.0 Å². The smallest absolute Gasteiger partial charge is 0.274 e. The Morgan fingerprint density at radius 2 is 1.91 bits per heavy atom. The van der Waals surface area contributed by atoms with Crippen LogP contribution in [0.25, 0.3) is 22.5 Å². The maximum atomic E-state index is 12.9. The van der Waals surface area contributed by atoms with Gasteiger partial charge in [-0.3, -0.25) is 9.36 Å². The number of hydrogen-bond donors (Lipinski definition) is 1. The zero-order chi connectivity index (χ0) is 23.2. The van der Waals surface area contributed by atoms with E-state index in [2.05, 4.69) is 32.3 Å². The van der Waals surface area contributed by atoms with E-state index < -0.39 is 5.69 Å². The van der Waals surface area contributed by atoms with E-state index in [9.17, 15) is 9.59 Å². The summed E-state index contributed by atoms with van der Waals surface area (Å²) in [7, 11) is 0. The van der Waals surface area contributed by atoms with Gasteiger partial charge in [-0.2, -0.15) is 0 Å². The molecule has 168 valence electrons. The summed E-state index contributed by atoms with van der Waals surface area (Å²) in [5.74, 6) is 0.912. The Labute approximate surface area is 190 Å². The second-order valence-corrected chi connectivity index (χ2v) is 7.70. The summed E-state index contributed by atoms with van der Waals surface area (Å²) in [6.45, 7) is 5.99. The number of aromatic nitrogens is 7. The van der Waals surface area contributed by atoms with Crippen LogP contribution >= 0.6 is 0 Å². The Hall–Kier alpha value is -4.14. The molecule has 0 spiro atoms.